The zero-order valence-electron chi connectivity index (χ0n) is 11.0. The van der Waals surface area contributed by atoms with Crippen LogP contribution in [-0.2, 0) is 15.9 Å². The number of aliphatic hydroxyl groups excluding tert-OH is 3. The Hall–Kier alpha value is -0.630. The SMILES string of the molecule is OC[C@H]1OC(OCCc2ccccc2)[C@H](O)[C@@H](S)[C@H]1O. The first kappa shape index (κ1) is 15.8. The second-order valence-corrected chi connectivity index (χ2v) is 5.40. The first-order chi connectivity index (χ1) is 9.63. The predicted molar refractivity (Wildman–Crippen MR) is 76.6 cm³/mol. The smallest absolute Gasteiger partial charge is 0.185 e. The van der Waals surface area contributed by atoms with Gasteiger partial charge in [0.2, 0.25) is 0 Å². The molecule has 1 aromatic rings. The van der Waals surface area contributed by atoms with Gasteiger partial charge in [-0.2, -0.15) is 12.6 Å². The Bertz CT molecular complexity index is 400. The van der Waals surface area contributed by atoms with Crippen LogP contribution >= 0.6 is 12.6 Å². The van der Waals surface area contributed by atoms with Crippen molar-refractivity contribution in [2.75, 3.05) is 13.2 Å². The van der Waals surface area contributed by atoms with Crippen molar-refractivity contribution in [2.45, 2.75) is 36.3 Å². The highest BCUT2D eigenvalue weighted by Crippen LogP contribution is 2.25. The second kappa shape index (κ2) is 7.40. The van der Waals surface area contributed by atoms with E-state index in [1.54, 1.807) is 0 Å². The minimum atomic E-state index is -1.04. The van der Waals surface area contributed by atoms with Gasteiger partial charge in [-0.05, 0) is 12.0 Å². The molecule has 0 spiro atoms. The molecule has 6 heteroatoms. The molecule has 1 fully saturated rings. The Labute approximate surface area is 123 Å². The number of aliphatic hydroxyl groups is 3. The molecule has 0 radical (unpaired) electrons. The van der Waals surface area contributed by atoms with Crippen molar-refractivity contribution in [3.8, 4) is 0 Å². The Morgan fingerprint density at radius 2 is 1.85 bits per heavy atom. The Morgan fingerprint density at radius 3 is 2.50 bits per heavy atom. The number of thiol groups is 1. The molecule has 1 unspecified atom stereocenters. The van der Waals surface area contributed by atoms with E-state index in [0.717, 1.165) is 5.56 Å². The Balaban J connectivity index is 1.85. The number of rotatable bonds is 5. The fourth-order valence-electron chi connectivity index (χ4n) is 2.14. The quantitative estimate of drug-likeness (QED) is 0.575. The third kappa shape index (κ3) is 3.72. The summed E-state index contributed by atoms with van der Waals surface area (Å²) in [5.74, 6) is 0. The maximum absolute atomic E-state index is 9.95. The molecule has 0 saturated carbocycles. The summed E-state index contributed by atoms with van der Waals surface area (Å²) in [6, 6.07) is 9.82. The van der Waals surface area contributed by atoms with Crippen LogP contribution in [0.2, 0.25) is 0 Å². The van der Waals surface area contributed by atoms with Gasteiger partial charge < -0.3 is 24.8 Å². The highest BCUT2D eigenvalue weighted by Gasteiger charge is 2.42. The Kier molecular flexibility index (Phi) is 5.83. The maximum Gasteiger partial charge on any atom is 0.185 e. The third-order valence-corrected chi connectivity index (χ3v) is 3.98. The first-order valence-electron chi connectivity index (χ1n) is 6.59. The summed E-state index contributed by atoms with van der Waals surface area (Å²) in [6.07, 6.45) is -3.04. The van der Waals surface area contributed by atoms with Crippen molar-refractivity contribution in [2.24, 2.45) is 0 Å². The van der Waals surface area contributed by atoms with Crippen molar-refractivity contribution in [1.82, 2.24) is 0 Å². The largest absolute Gasteiger partial charge is 0.394 e. The van der Waals surface area contributed by atoms with Gasteiger partial charge in [0.15, 0.2) is 6.29 Å². The van der Waals surface area contributed by atoms with Crippen molar-refractivity contribution in [3.63, 3.8) is 0 Å². The van der Waals surface area contributed by atoms with Crippen molar-refractivity contribution < 1.29 is 24.8 Å². The van der Waals surface area contributed by atoms with E-state index >= 15 is 0 Å². The predicted octanol–water partition coefficient (Wildman–Crippen LogP) is -0.0169. The van der Waals surface area contributed by atoms with Crippen LogP contribution in [0.25, 0.3) is 0 Å². The zero-order chi connectivity index (χ0) is 14.5. The van der Waals surface area contributed by atoms with E-state index in [9.17, 15) is 10.2 Å². The fourth-order valence-corrected chi connectivity index (χ4v) is 2.48. The van der Waals surface area contributed by atoms with Crippen LogP contribution in [-0.4, -0.2) is 58.4 Å². The molecule has 3 N–H and O–H groups in total. The van der Waals surface area contributed by atoms with E-state index < -0.39 is 29.9 Å². The van der Waals surface area contributed by atoms with Crippen molar-refractivity contribution in [1.29, 1.82) is 0 Å². The van der Waals surface area contributed by atoms with Crippen LogP contribution in [0.4, 0.5) is 0 Å². The highest BCUT2D eigenvalue weighted by molar-refractivity contribution is 7.81. The summed E-state index contributed by atoms with van der Waals surface area (Å²) in [5.41, 5.74) is 1.12. The molecule has 1 aromatic carbocycles. The molecular formula is C14H20O5S. The standard InChI is InChI=1S/C14H20O5S/c15-8-10-11(16)13(20)12(17)14(19-10)18-7-6-9-4-2-1-3-5-9/h1-5,10-17,20H,6-8H2/t10-,11+,12-,13+,14?/m1/s1. The van der Waals surface area contributed by atoms with Gasteiger partial charge in [0.05, 0.1) is 24.6 Å². The highest BCUT2D eigenvalue weighted by atomic mass is 32.1. The molecule has 0 bridgehead atoms. The minimum absolute atomic E-state index is 0.344. The summed E-state index contributed by atoms with van der Waals surface area (Å²) in [6.45, 7) is 0.0317. The van der Waals surface area contributed by atoms with Crippen LogP contribution in [0.5, 0.6) is 0 Å². The second-order valence-electron chi connectivity index (χ2n) is 4.80. The maximum atomic E-state index is 9.95. The van der Waals surface area contributed by atoms with Gasteiger partial charge in [0.25, 0.3) is 0 Å². The summed E-state index contributed by atoms with van der Waals surface area (Å²) < 4.78 is 10.9. The van der Waals surface area contributed by atoms with Gasteiger partial charge in [-0.25, -0.2) is 0 Å². The van der Waals surface area contributed by atoms with Gasteiger partial charge in [-0.1, -0.05) is 30.3 Å². The molecule has 1 aliphatic heterocycles. The fraction of sp³-hybridized carbons (Fsp3) is 0.571. The van der Waals surface area contributed by atoms with Crippen LogP contribution in [0.1, 0.15) is 5.56 Å². The molecule has 2 rings (SSSR count). The number of hydrogen-bond donors (Lipinski definition) is 4. The van der Waals surface area contributed by atoms with Crippen LogP contribution in [0, 0.1) is 0 Å². The Morgan fingerprint density at radius 1 is 1.15 bits per heavy atom. The summed E-state index contributed by atoms with van der Waals surface area (Å²) in [7, 11) is 0. The van der Waals surface area contributed by atoms with Gasteiger partial charge >= 0.3 is 0 Å². The van der Waals surface area contributed by atoms with Gasteiger partial charge in [0.1, 0.15) is 12.2 Å². The number of hydrogen-bond acceptors (Lipinski definition) is 6. The molecule has 1 heterocycles. The van der Waals surface area contributed by atoms with Crippen molar-refractivity contribution in [3.05, 3.63) is 35.9 Å². The molecule has 0 aliphatic carbocycles. The third-order valence-electron chi connectivity index (χ3n) is 3.36. The lowest BCUT2D eigenvalue weighted by Crippen LogP contribution is -2.57. The van der Waals surface area contributed by atoms with Crippen LogP contribution < -0.4 is 0 Å². The molecule has 112 valence electrons. The van der Waals surface area contributed by atoms with E-state index in [-0.39, 0.29) is 6.61 Å². The van der Waals surface area contributed by atoms with E-state index in [1.165, 1.54) is 0 Å². The van der Waals surface area contributed by atoms with Crippen LogP contribution in [0.15, 0.2) is 30.3 Å². The molecule has 20 heavy (non-hydrogen) atoms. The zero-order valence-corrected chi connectivity index (χ0v) is 11.9. The average molecular weight is 300 g/mol. The van der Waals surface area contributed by atoms with E-state index in [1.807, 2.05) is 30.3 Å². The van der Waals surface area contributed by atoms with E-state index in [4.69, 9.17) is 14.6 Å². The van der Waals surface area contributed by atoms with E-state index in [0.29, 0.717) is 13.0 Å². The normalized spacial score (nSPS) is 34.1. The first-order valence-corrected chi connectivity index (χ1v) is 7.11. The summed E-state index contributed by atoms with van der Waals surface area (Å²) >= 11 is 4.14. The molecule has 0 amide bonds. The summed E-state index contributed by atoms with van der Waals surface area (Å²) in [4.78, 5) is 0. The number of ether oxygens (including phenoxy) is 2. The molecule has 5 nitrogen and oxygen atoms in total. The lowest BCUT2D eigenvalue weighted by Gasteiger charge is -2.40. The van der Waals surface area contributed by atoms with Crippen LogP contribution in [0.3, 0.4) is 0 Å². The topological polar surface area (TPSA) is 79.2 Å². The number of benzene rings is 1. The molecule has 5 atom stereocenters. The lowest BCUT2D eigenvalue weighted by molar-refractivity contribution is -0.266. The average Bonchev–Trinajstić information content (AvgIpc) is 2.48. The lowest BCUT2D eigenvalue weighted by atomic mass is 10.0. The molecular weight excluding hydrogens is 280 g/mol. The monoisotopic (exact) mass is 300 g/mol. The molecule has 1 aliphatic rings. The molecule has 0 aromatic heterocycles. The van der Waals surface area contributed by atoms with Gasteiger partial charge in [-0.15, -0.1) is 0 Å². The summed E-state index contributed by atoms with van der Waals surface area (Å²) in [5, 5.41) is 28.1. The molecule has 1 saturated heterocycles. The van der Waals surface area contributed by atoms with Gasteiger partial charge in [0, 0.05) is 0 Å². The van der Waals surface area contributed by atoms with Gasteiger partial charge in [-0.3, -0.25) is 0 Å². The van der Waals surface area contributed by atoms with E-state index in [2.05, 4.69) is 12.6 Å². The van der Waals surface area contributed by atoms with Crippen molar-refractivity contribution >= 4 is 12.6 Å². The minimum Gasteiger partial charge on any atom is -0.394 e.